The van der Waals surface area contributed by atoms with Crippen molar-refractivity contribution in [3.63, 3.8) is 0 Å². The van der Waals surface area contributed by atoms with E-state index >= 15 is 0 Å². The van der Waals surface area contributed by atoms with Crippen LogP contribution >= 0.6 is 23.4 Å². The summed E-state index contributed by atoms with van der Waals surface area (Å²) in [4.78, 5) is 7.45. The standard InChI is InChI=1S/C22H25ClN2OS.ClH/c23-17-7-8-22-20(16-17)18(19-4-1-2-6-21(19)27-22)5-3-9-24-10-12-25(13-11-24)14-15-26;/h1-2,4-8,16,26H,3,9-15H2;1H/p-1. The van der Waals surface area contributed by atoms with Crippen molar-refractivity contribution in [2.75, 3.05) is 45.9 Å². The minimum atomic E-state index is 0. The van der Waals surface area contributed by atoms with Crippen LogP contribution in [-0.2, 0) is 0 Å². The van der Waals surface area contributed by atoms with Crippen molar-refractivity contribution in [1.82, 2.24) is 9.80 Å². The molecule has 6 heteroatoms. The van der Waals surface area contributed by atoms with Crippen LogP contribution in [0.2, 0.25) is 5.02 Å². The highest BCUT2D eigenvalue weighted by atomic mass is 35.5. The number of fused-ring (bicyclic) bond motifs is 2. The topological polar surface area (TPSA) is 26.7 Å². The van der Waals surface area contributed by atoms with Crippen molar-refractivity contribution >= 4 is 28.9 Å². The van der Waals surface area contributed by atoms with Crippen LogP contribution in [-0.4, -0.2) is 60.8 Å². The maximum Gasteiger partial charge on any atom is 0.0558 e. The molecule has 0 spiro atoms. The Bertz CT molecular complexity index is 835. The molecule has 0 amide bonds. The number of piperazine rings is 1. The molecule has 2 aliphatic rings. The van der Waals surface area contributed by atoms with Gasteiger partial charge in [0.05, 0.1) is 6.61 Å². The van der Waals surface area contributed by atoms with Gasteiger partial charge < -0.3 is 22.4 Å². The van der Waals surface area contributed by atoms with Crippen molar-refractivity contribution in [3.8, 4) is 0 Å². The summed E-state index contributed by atoms with van der Waals surface area (Å²) in [5.74, 6) is 0. The Morgan fingerprint density at radius 3 is 2.36 bits per heavy atom. The summed E-state index contributed by atoms with van der Waals surface area (Å²) in [5.41, 5.74) is 3.87. The zero-order valence-electron chi connectivity index (χ0n) is 15.8. The van der Waals surface area contributed by atoms with Gasteiger partial charge in [0.25, 0.3) is 0 Å². The average molecular weight is 436 g/mol. The number of rotatable bonds is 5. The van der Waals surface area contributed by atoms with Crippen LogP contribution < -0.4 is 12.4 Å². The van der Waals surface area contributed by atoms with Crippen LogP contribution in [0.5, 0.6) is 0 Å². The number of β-amino-alcohol motifs (C(OH)–C–C–N with tert-alkyl or cyclic N) is 1. The third-order valence-corrected chi connectivity index (χ3v) is 6.69. The van der Waals surface area contributed by atoms with Crippen LogP contribution in [0.1, 0.15) is 17.5 Å². The molecule has 2 aromatic rings. The van der Waals surface area contributed by atoms with Crippen LogP contribution in [0.25, 0.3) is 5.57 Å². The van der Waals surface area contributed by atoms with E-state index < -0.39 is 0 Å². The first-order valence-electron chi connectivity index (χ1n) is 9.57. The first-order chi connectivity index (χ1) is 13.2. The first kappa shape index (κ1) is 21.7. The van der Waals surface area contributed by atoms with Gasteiger partial charge in [0.2, 0.25) is 0 Å². The molecule has 0 saturated carbocycles. The molecule has 2 heterocycles. The van der Waals surface area contributed by atoms with Crippen LogP contribution in [0, 0.1) is 0 Å². The van der Waals surface area contributed by atoms with Crippen molar-refractivity contribution in [3.05, 3.63) is 64.7 Å². The molecule has 1 N–H and O–H groups in total. The molecule has 1 saturated heterocycles. The summed E-state index contributed by atoms with van der Waals surface area (Å²) >= 11 is 8.12. The lowest BCUT2D eigenvalue weighted by Crippen LogP contribution is -3.00. The first-order valence-corrected chi connectivity index (χ1v) is 10.8. The minimum Gasteiger partial charge on any atom is -1.00 e. The predicted molar refractivity (Wildman–Crippen MR) is 114 cm³/mol. The fraction of sp³-hybridized carbons (Fsp3) is 0.364. The number of nitrogens with zero attached hydrogens (tertiary/aromatic N) is 2. The highest BCUT2D eigenvalue weighted by Gasteiger charge is 2.21. The highest BCUT2D eigenvalue weighted by Crippen LogP contribution is 2.46. The van der Waals surface area contributed by atoms with E-state index in [4.69, 9.17) is 16.7 Å². The van der Waals surface area contributed by atoms with Gasteiger partial charge in [0.1, 0.15) is 0 Å². The van der Waals surface area contributed by atoms with Crippen molar-refractivity contribution in [2.45, 2.75) is 16.2 Å². The van der Waals surface area contributed by atoms with E-state index in [1.807, 2.05) is 17.8 Å². The molecule has 0 radical (unpaired) electrons. The van der Waals surface area contributed by atoms with Gasteiger partial charge >= 0.3 is 0 Å². The zero-order chi connectivity index (χ0) is 18.6. The second-order valence-electron chi connectivity index (χ2n) is 7.05. The molecule has 2 aromatic carbocycles. The third-order valence-electron chi connectivity index (χ3n) is 5.30. The second-order valence-corrected chi connectivity index (χ2v) is 8.57. The Morgan fingerprint density at radius 1 is 0.929 bits per heavy atom. The molecule has 4 rings (SSSR count). The summed E-state index contributed by atoms with van der Waals surface area (Å²) < 4.78 is 0. The molecule has 150 valence electrons. The van der Waals surface area contributed by atoms with E-state index in [1.165, 1.54) is 26.5 Å². The lowest BCUT2D eigenvalue weighted by Gasteiger charge is -2.34. The number of hydrogen-bond acceptors (Lipinski definition) is 4. The fourth-order valence-corrected chi connectivity index (χ4v) is 5.09. The maximum absolute atomic E-state index is 9.08. The molecular formula is C22H25Cl2N2OS-. The quantitative estimate of drug-likeness (QED) is 0.651. The van der Waals surface area contributed by atoms with Crippen LogP contribution in [0.4, 0.5) is 0 Å². The van der Waals surface area contributed by atoms with E-state index in [-0.39, 0.29) is 19.0 Å². The normalized spacial score (nSPS) is 18.4. The third kappa shape index (κ3) is 4.93. The van der Waals surface area contributed by atoms with Crippen LogP contribution in [0.15, 0.2) is 58.3 Å². The second kappa shape index (κ2) is 10.1. The summed E-state index contributed by atoms with van der Waals surface area (Å²) in [5, 5.41) is 9.87. The van der Waals surface area contributed by atoms with Gasteiger partial charge in [0, 0.05) is 54.1 Å². The molecule has 0 bridgehead atoms. The molecule has 0 aliphatic carbocycles. The maximum atomic E-state index is 9.08. The van der Waals surface area contributed by atoms with Crippen LogP contribution in [0.3, 0.4) is 0 Å². The smallest absolute Gasteiger partial charge is 0.0558 e. The van der Waals surface area contributed by atoms with Gasteiger partial charge in [-0.3, -0.25) is 4.90 Å². The molecule has 2 aliphatic heterocycles. The van der Waals surface area contributed by atoms with E-state index in [2.05, 4.69) is 52.3 Å². The molecule has 0 unspecified atom stereocenters. The average Bonchev–Trinajstić information content (AvgIpc) is 2.69. The molecule has 0 aromatic heterocycles. The molecule has 0 atom stereocenters. The molecule has 3 nitrogen and oxygen atoms in total. The van der Waals surface area contributed by atoms with E-state index in [1.54, 1.807) is 0 Å². The summed E-state index contributed by atoms with van der Waals surface area (Å²) in [6.45, 7) is 6.39. The Labute approximate surface area is 182 Å². The lowest BCUT2D eigenvalue weighted by molar-refractivity contribution is -0.00000642. The summed E-state index contributed by atoms with van der Waals surface area (Å²) in [6.07, 6.45) is 3.41. The van der Waals surface area contributed by atoms with E-state index in [9.17, 15) is 0 Å². The molecule has 28 heavy (non-hydrogen) atoms. The number of hydrogen-bond donors (Lipinski definition) is 1. The monoisotopic (exact) mass is 435 g/mol. The van der Waals surface area contributed by atoms with Gasteiger partial charge in [0.15, 0.2) is 0 Å². The highest BCUT2D eigenvalue weighted by molar-refractivity contribution is 7.99. The fourth-order valence-electron chi connectivity index (χ4n) is 3.83. The number of benzene rings is 2. The van der Waals surface area contributed by atoms with Gasteiger partial charge in [-0.2, -0.15) is 0 Å². The Balaban J connectivity index is 0.00000225. The Kier molecular flexibility index (Phi) is 7.86. The summed E-state index contributed by atoms with van der Waals surface area (Å²) in [7, 11) is 0. The van der Waals surface area contributed by atoms with E-state index in [0.29, 0.717) is 0 Å². The van der Waals surface area contributed by atoms with Crippen molar-refractivity contribution in [2.24, 2.45) is 0 Å². The largest absolute Gasteiger partial charge is 1.00 e. The van der Waals surface area contributed by atoms with Gasteiger partial charge in [-0.05, 0) is 47.4 Å². The van der Waals surface area contributed by atoms with Gasteiger partial charge in [-0.25, -0.2) is 0 Å². The number of aliphatic hydroxyl groups excluding tert-OH is 1. The minimum absolute atomic E-state index is 0. The lowest BCUT2D eigenvalue weighted by atomic mass is 9.96. The van der Waals surface area contributed by atoms with Crippen molar-refractivity contribution in [1.29, 1.82) is 0 Å². The Hall–Kier alpha value is -1.01. The molecule has 1 fully saturated rings. The Morgan fingerprint density at radius 2 is 1.61 bits per heavy atom. The number of aliphatic hydroxyl groups is 1. The zero-order valence-corrected chi connectivity index (χ0v) is 18.1. The van der Waals surface area contributed by atoms with Gasteiger partial charge in [-0.1, -0.05) is 47.6 Å². The van der Waals surface area contributed by atoms with Crippen molar-refractivity contribution < 1.29 is 17.5 Å². The summed E-state index contributed by atoms with van der Waals surface area (Å²) in [6, 6.07) is 14.8. The number of halogens is 2. The van der Waals surface area contributed by atoms with Gasteiger partial charge in [-0.15, -0.1) is 0 Å². The van der Waals surface area contributed by atoms with E-state index in [0.717, 1.165) is 50.7 Å². The SMILES string of the molecule is OCCN1CCN(CCC=C2c3ccccc3Sc3ccc(Cl)cc32)CC1.[Cl-]. The predicted octanol–water partition coefficient (Wildman–Crippen LogP) is 1.24. The molecular weight excluding hydrogens is 411 g/mol.